The average Bonchev–Trinajstić information content (AvgIpc) is 3.32. The maximum Gasteiger partial charge on any atom is 0.341 e. The minimum Gasteiger partial charge on any atom is -0.507 e. The molecule has 3 heterocycles. The number of carboxylic acid groups (broad SMARTS) is 2. The van der Waals surface area contributed by atoms with E-state index in [1.807, 2.05) is 40.7 Å². The van der Waals surface area contributed by atoms with Crippen molar-refractivity contribution in [2.45, 2.75) is 91.0 Å². The van der Waals surface area contributed by atoms with Gasteiger partial charge in [0.1, 0.15) is 39.9 Å². The number of fused-ring (bicyclic) bond motifs is 5. The first kappa shape index (κ1) is 31.1. The number of hydrogen-bond acceptors (Lipinski definition) is 8. The van der Waals surface area contributed by atoms with Crippen molar-refractivity contribution in [1.82, 2.24) is 0 Å². The zero-order valence-corrected chi connectivity index (χ0v) is 26.4. The third-order valence-corrected chi connectivity index (χ3v) is 9.10. The van der Waals surface area contributed by atoms with Crippen LogP contribution in [0.4, 0.5) is 0 Å². The monoisotopic (exact) mass is 606 g/mol. The summed E-state index contributed by atoms with van der Waals surface area (Å²) in [5, 5.41) is 31.8. The van der Waals surface area contributed by atoms with Gasteiger partial charge >= 0.3 is 11.9 Å². The highest BCUT2D eigenvalue weighted by molar-refractivity contribution is 6.01. The van der Waals surface area contributed by atoms with E-state index in [0.717, 1.165) is 5.57 Å². The molecule has 10 nitrogen and oxygen atoms in total. The summed E-state index contributed by atoms with van der Waals surface area (Å²) in [7, 11) is 1.35. The van der Waals surface area contributed by atoms with E-state index >= 15 is 0 Å². The number of phenols is 1. The minimum atomic E-state index is -2.05. The first-order valence-corrected chi connectivity index (χ1v) is 14.4. The summed E-state index contributed by atoms with van der Waals surface area (Å²) in [4.78, 5) is 38.9. The number of ether oxygens (including phenoxy) is 3. The Morgan fingerprint density at radius 3 is 2.25 bits per heavy atom. The predicted octanol–water partition coefficient (Wildman–Crippen LogP) is 6.19. The molecule has 2 aliphatic heterocycles. The van der Waals surface area contributed by atoms with Gasteiger partial charge in [0.25, 0.3) is 0 Å². The van der Waals surface area contributed by atoms with Crippen molar-refractivity contribution in [3.63, 3.8) is 0 Å². The Bertz CT molecular complexity index is 1880. The molecule has 1 aromatic heterocycles. The number of methoxy groups -OCH3 is 1. The third-order valence-electron chi connectivity index (χ3n) is 9.10. The quantitative estimate of drug-likeness (QED) is 0.161. The van der Waals surface area contributed by atoms with Crippen LogP contribution < -0.4 is 14.9 Å². The maximum absolute atomic E-state index is 14.4. The Morgan fingerprint density at radius 1 is 1.02 bits per heavy atom. The van der Waals surface area contributed by atoms with Crippen LogP contribution in [0.15, 0.2) is 38.6 Å². The smallest absolute Gasteiger partial charge is 0.341 e. The van der Waals surface area contributed by atoms with Crippen molar-refractivity contribution in [3.8, 4) is 17.2 Å². The number of carboxylic acids is 2. The molecule has 234 valence electrons. The van der Waals surface area contributed by atoms with Gasteiger partial charge in [-0.2, -0.15) is 0 Å². The Hall–Kier alpha value is -4.31. The maximum atomic E-state index is 14.4. The molecule has 2 atom stereocenters. The lowest BCUT2D eigenvalue weighted by Gasteiger charge is -2.28. The van der Waals surface area contributed by atoms with Crippen LogP contribution in [0.25, 0.3) is 21.9 Å². The molecule has 0 bridgehead atoms. The van der Waals surface area contributed by atoms with E-state index in [0.29, 0.717) is 23.3 Å². The Kier molecular flexibility index (Phi) is 7.16. The molecule has 2 aromatic carbocycles. The van der Waals surface area contributed by atoms with E-state index in [1.54, 1.807) is 13.8 Å². The van der Waals surface area contributed by atoms with Gasteiger partial charge in [0.05, 0.1) is 18.1 Å². The summed E-state index contributed by atoms with van der Waals surface area (Å²) >= 11 is 0. The van der Waals surface area contributed by atoms with Crippen molar-refractivity contribution in [1.29, 1.82) is 0 Å². The molecule has 3 N–H and O–H groups in total. The molecule has 2 unspecified atom stereocenters. The lowest BCUT2D eigenvalue weighted by Crippen LogP contribution is -2.37. The topological polar surface area (TPSA) is 153 Å². The summed E-state index contributed by atoms with van der Waals surface area (Å²) in [5.41, 5.74) is -1.73. The summed E-state index contributed by atoms with van der Waals surface area (Å²) in [5.74, 6) is -2.24. The van der Waals surface area contributed by atoms with Crippen LogP contribution in [0.1, 0.15) is 84.1 Å². The molecule has 2 aliphatic rings. The predicted molar refractivity (Wildman–Crippen MR) is 164 cm³/mol. The average molecular weight is 607 g/mol. The van der Waals surface area contributed by atoms with Crippen LogP contribution in [0.5, 0.6) is 17.2 Å². The van der Waals surface area contributed by atoms with Crippen LogP contribution in [-0.4, -0.2) is 40.5 Å². The number of aliphatic carboxylic acids is 2. The van der Waals surface area contributed by atoms with Gasteiger partial charge in [-0.15, -0.1) is 0 Å². The molecule has 5 rings (SSSR count). The van der Waals surface area contributed by atoms with Gasteiger partial charge in [-0.3, -0.25) is 4.79 Å². The number of phenolic OH excluding ortho intramolecular Hbond substituents is 1. The molecule has 0 saturated heterocycles. The third kappa shape index (κ3) is 4.29. The van der Waals surface area contributed by atoms with Crippen molar-refractivity contribution in [3.05, 3.63) is 61.8 Å². The molecule has 0 radical (unpaired) electrons. The van der Waals surface area contributed by atoms with Gasteiger partial charge < -0.3 is 33.9 Å². The largest absolute Gasteiger partial charge is 0.507 e. The van der Waals surface area contributed by atoms with E-state index < -0.39 is 34.0 Å². The van der Waals surface area contributed by atoms with Crippen molar-refractivity contribution >= 4 is 33.9 Å². The number of allylic oxidation sites excluding steroid dienone is 2. The van der Waals surface area contributed by atoms with E-state index in [2.05, 4.69) is 0 Å². The first-order chi connectivity index (χ1) is 20.4. The molecule has 0 aliphatic carbocycles. The standard InChI is InChI=1S/C34H38O10/c1-15(2)10-11-18-27-21(26(36)24-28(18)42-17(4)32(24,5)6)25(35)19-14-20(41-9)22-23(29(19)43-27)33(7,8)44-34(22,31(39)40)13-12-16(3)30(37)38/h10,12,14,17,36H,11,13H2,1-9H3,(H,37,38)(H,39,40)/b16-12+. The fourth-order valence-corrected chi connectivity index (χ4v) is 6.41. The van der Waals surface area contributed by atoms with Crippen molar-refractivity contribution < 1.29 is 43.5 Å². The van der Waals surface area contributed by atoms with Crippen LogP contribution in [0.2, 0.25) is 0 Å². The molecule has 44 heavy (non-hydrogen) atoms. The number of carbonyl (C=O) groups is 2. The van der Waals surface area contributed by atoms with Crippen LogP contribution in [-0.2, 0) is 37.4 Å². The normalized spacial score (nSPS) is 21.6. The zero-order valence-electron chi connectivity index (χ0n) is 26.4. The second-order valence-electron chi connectivity index (χ2n) is 13.0. The Morgan fingerprint density at radius 2 is 1.68 bits per heavy atom. The fourth-order valence-electron chi connectivity index (χ4n) is 6.41. The lowest BCUT2D eigenvalue weighted by molar-refractivity contribution is -0.182. The molecule has 0 amide bonds. The Balaban J connectivity index is 1.98. The van der Waals surface area contributed by atoms with Gasteiger partial charge in [0.2, 0.25) is 5.43 Å². The minimum absolute atomic E-state index is 0.00224. The SMILES string of the molecule is COc1cc2c(=O)c3c(O)c4c(c(CC=C(C)C)c3oc2c2c1C(C/C=C(\C)C(=O)O)(C(=O)O)OC2(C)C)OC(C)C4(C)C. The van der Waals surface area contributed by atoms with Crippen LogP contribution in [0, 0.1) is 0 Å². The Labute approximate surface area is 254 Å². The van der Waals surface area contributed by atoms with Crippen molar-refractivity contribution in [2.75, 3.05) is 7.11 Å². The van der Waals surface area contributed by atoms with Gasteiger partial charge in [0.15, 0.2) is 5.60 Å². The lowest BCUT2D eigenvalue weighted by atomic mass is 9.79. The first-order valence-electron chi connectivity index (χ1n) is 14.4. The van der Waals surface area contributed by atoms with Gasteiger partial charge in [-0.1, -0.05) is 31.6 Å². The molecule has 10 heteroatoms. The molecule has 3 aromatic rings. The zero-order chi connectivity index (χ0) is 32.7. The molecule has 0 spiro atoms. The number of rotatable bonds is 7. The van der Waals surface area contributed by atoms with E-state index in [9.17, 15) is 29.7 Å². The van der Waals surface area contributed by atoms with Gasteiger partial charge in [-0.25, -0.2) is 9.59 Å². The highest BCUT2D eigenvalue weighted by Crippen LogP contribution is 2.57. The number of hydrogen-bond donors (Lipinski definition) is 3. The van der Waals surface area contributed by atoms with Gasteiger partial charge in [-0.05, 0) is 54.0 Å². The molecule has 0 fully saturated rings. The highest BCUT2D eigenvalue weighted by atomic mass is 16.6. The van der Waals surface area contributed by atoms with Crippen molar-refractivity contribution in [2.24, 2.45) is 0 Å². The van der Waals surface area contributed by atoms with E-state index in [4.69, 9.17) is 18.6 Å². The second kappa shape index (κ2) is 10.1. The molecular formula is C34H38O10. The highest BCUT2D eigenvalue weighted by Gasteiger charge is 2.57. The molecular weight excluding hydrogens is 568 g/mol. The number of benzene rings is 2. The van der Waals surface area contributed by atoms with E-state index in [-0.39, 0.29) is 62.7 Å². The van der Waals surface area contributed by atoms with E-state index in [1.165, 1.54) is 26.2 Å². The summed E-state index contributed by atoms with van der Waals surface area (Å²) in [6, 6.07) is 1.41. The summed E-state index contributed by atoms with van der Waals surface area (Å²) < 4.78 is 24.9. The fraction of sp³-hybridized carbons (Fsp3) is 0.441. The number of aromatic hydroxyl groups is 1. The molecule has 0 saturated carbocycles. The summed E-state index contributed by atoms with van der Waals surface area (Å²) in [6.45, 7) is 14.4. The van der Waals surface area contributed by atoms with Crippen LogP contribution >= 0.6 is 0 Å². The second-order valence-corrected chi connectivity index (χ2v) is 13.0. The summed E-state index contributed by atoms with van der Waals surface area (Å²) in [6.07, 6.45) is 3.01. The van der Waals surface area contributed by atoms with Crippen LogP contribution in [0.3, 0.4) is 0 Å². The van der Waals surface area contributed by atoms with Gasteiger partial charge in [0, 0.05) is 39.7 Å².